The maximum atomic E-state index is 5.88. The molecule has 2 heteroatoms. The standard InChI is InChI=1S/C12H27NO/c1-9(2)10(3)8-14-12(5,6)7-11(4)13/h9-11H,7-8,13H2,1-6H3. The summed E-state index contributed by atoms with van der Waals surface area (Å²) < 4.78 is 5.88. The summed E-state index contributed by atoms with van der Waals surface area (Å²) in [5, 5.41) is 0. The maximum Gasteiger partial charge on any atom is 0.0641 e. The molecule has 0 amide bonds. The van der Waals surface area contributed by atoms with Gasteiger partial charge in [-0.2, -0.15) is 0 Å². The van der Waals surface area contributed by atoms with Crippen molar-refractivity contribution in [2.45, 2.75) is 59.6 Å². The topological polar surface area (TPSA) is 35.2 Å². The van der Waals surface area contributed by atoms with Gasteiger partial charge < -0.3 is 10.5 Å². The van der Waals surface area contributed by atoms with Crippen molar-refractivity contribution in [3.63, 3.8) is 0 Å². The third kappa shape index (κ3) is 6.39. The summed E-state index contributed by atoms with van der Waals surface area (Å²) >= 11 is 0. The molecule has 0 radical (unpaired) electrons. The first-order valence-corrected chi connectivity index (χ1v) is 5.64. The summed E-state index contributed by atoms with van der Waals surface area (Å²) in [6.07, 6.45) is 0.914. The number of hydrogen-bond donors (Lipinski definition) is 1. The molecule has 0 fully saturated rings. The molecule has 0 aromatic rings. The Balaban J connectivity index is 3.86. The Morgan fingerprint density at radius 2 is 1.64 bits per heavy atom. The largest absolute Gasteiger partial charge is 0.375 e. The van der Waals surface area contributed by atoms with Crippen LogP contribution in [0.3, 0.4) is 0 Å². The predicted octanol–water partition coefficient (Wildman–Crippen LogP) is 2.81. The Kier molecular flexibility index (Phi) is 5.68. The molecule has 0 saturated carbocycles. The van der Waals surface area contributed by atoms with Crippen LogP contribution in [0.25, 0.3) is 0 Å². The minimum Gasteiger partial charge on any atom is -0.375 e. The first-order chi connectivity index (χ1) is 6.24. The molecule has 0 rings (SSSR count). The zero-order valence-corrected chi connectivity index (χ0v) is 10.6. The molecule has 86 valence electrons. The van der Waals surface area contributed by atoms with E-state index in [9.17, 15) is 0 Å². The van der Waals surface area contributed by atoms with Crippen LogP contribution in [-0.2, 0) is 4.74 Å². The lowest BCUT2D eigenvalue weighted by atomic mass is 9.97. The Bertz CT molecular complexity index is 152. The molecule has 0 aliphatic carbocycles. The van der Waals surface area contributed by atoms with Gasteiger partial charge in [-0.05, 0) is 39.0 Å². The van der Waals surface area contributed by atoms with Gasteiger partial charge in [0.25, 0.3) is 0 Å². The Morgan fingerprint density at radius 1 is 1.14 bits per heavy atom. The second-order valence-electron chi connectivity index (χ2n) is 5.47. The third-order valence-electron chi connectivity index (χ3n) is 2.69. The lowest BCUT2D eigenvalue weighted by molar-refractivity contribution is -0.0468. The van der Waals surface area contributed by atoms with Gasteiger partial charge in [0, 0.05) is 6.04 Å². The van der Waals surface area contributed by atoms with E-state index < -0.39 is 0 Å². The quantitative estimate of drug-likeness (QED) is 0.717. The average molecular weight is 201 g/mol. The number of ether oxygens (including phenoxy) is 1. The van der Waals surface area contributed by atoms with E-state index in [1.165, 1.54) is 0 Å². The highest BCUT2D eigenvalue weighted by Gasteiger charge is 2.21. The second kappa shape index (κ2) is 5.72. The molecule has 0 saturated heterocycles. The summed E-state index contributed by atoms with van der Waals surface area (Å²) in [5.41, 5.74) is 5.68. The van der Waals surface area contributed by atoms with E-state index in [0.29, 0.717) is 11.8 Å². The highest BCUT2D eigenvalue weighted by atomic mass is 16.5. The van der Waals surface area contributed by atoms with Crippen LogP contribution in [0.5, 0.6) is 0 Å². The van der Waals surface area contributed by atoms with Gasteiger partial charge in [0.1, 0.15) is 0 Å². The SMILES string of the molecule is CC(N)CC(C)(C)OCC(C)C(C)C. The van der Waals surface area contributed by atoms with E-state index in [1.54, 1.807) is 0 Å². The summed E-state index contributed by atoms with van der Waals surface area (Å²) in [6.45, 7) is 13.8. The van der Waals surface area contributed by atoms with E-state index in [0.717, 1.165) is 13.0 Å². The fourth-order valence-electron chi connectivity index (χ4n) is 1.38. The molecule has 0 heterocycles. The molecule has 2 N–H and O–H groups in total. The lowest BCUT2D eigenvalue weighted by Gasteiger charge is -2.29. The van der Waals surface area contributed by atoms with Gasteiger partial charge in [-0.15, -0.1) is 0 Å². The maximum absolute atomic E-state index is 5.88. The van der Waals surface area contributed by atoms with E-state index in [4.69, 9.17) is 10.5 Å². The smallest absolute Gasteiger partial charge is 0.0641 e. The van der Waals surface area contributed by atoms with Gasteiger partial charge in [-0.25, -0.2) is 0 Å². The molecule has 2 nitrogen and oxygen atoms in total. The van der Waals surface area contributed by atoms with Gasteiger partial charge in [0.05, 0.1) is 12.2 Å². The van der Waals surface area contributed by atoms with Crippen LogP contribution in [0.2, 0.25) is 0 Å². The van der Waals surface area contributed by atoms with Crippen LogP contribution in [0.4, 0.5) is 0 Å². The molecule has 0 aliphatic rings. The second-order valence-corrected chi connectivity index (χ2v) is 5.47. The van der Waals surface area contributed by atoms with Gasteiger partial charge >= 0.3 is 0 Å². The zero-order chi connectivity index (χ0) is 11.4. The molecule has 0 aromatic heterocycles. The molecule has 2 atom stereocenters. The molecule has 0 aromatic carbocycles. The van der Waals surface area contributed by atoms with Gasteiger partial charge in [-0.1, -0.05) is 20.8 Å². The van der Waals surface area contributed by atoms with E-state index in [-0.39, 0.29) is 11.6 Å². The third-order valence-corrected chi connectivity index (χ3v) is 2.69. The lowest BCUT2D eigenvalue weighted by Crippen LogP contribution is -2.34. The summed E-state index contributed by atoms with van der Waals surface area (Å²) in [7, 11) is 0. The van der Waals surface area contributed by atoms with Crippen molar-refractivity contribution in [3.05, 3.63) is 0 Å². The van der Waals surface area contributed by atoms with Crippen LogP contribution in [0, 0.1) is 11.8 Å². The fourth-order valence-corrected chi connectivity index (χ4v) is 1.38. The van der Waals surface area contributed by atoms with Crippen LogP contribution in [-0.4, -0.2) is 18.2 Å². The molecule has 0 spiro atoms. The predicted molar refractivity (Wildman–Crippen MR) is 62.3 cm³/mol. The average Bonchev–Trinajstić information content (AvgIpc) is 1.97. The molecular weight excluding hydrogens is 174 g/mol. The van der Waals surface area contributed by atoms with Crippen molar-refractivity contribution in [3.8, 4) is 0 Å². The van der Waals surface area contributed by atoms with Gasteiger partial charge in [-0.3, -0.25) is 0 Å². The Morgan fingerprint density at radius 3 is 2.00 bits per heavy atom. The van der Waals surface area contributed by atoms with Gasteiger partial charge in [0.15, 0.2) is 0 Å². The van der Waals surface area contributed by atoms with Crippen molar-refractivity contribution in [1.82, 2.24) is 0 Å². The number of hydrogen-bond acceptors (Lipinski definition) is 2. The molecule has 2 unspecified atom stereocenters. The van der Waals surface area contributed by atoms with E-state index in [2.05, 4.69) is 34.6 Å². The van der Waals surface area contributed by atoms with Crippen molar-refractivity contribution in [1.29, 1.82) is 0 Å². The van der Waals surface area contributed by atoms with Crippen LogP contribution < -0.4 is 5.73 Å². The van der Waals surface area contributed by atoms with Gasteiger partial charge in [0.2, 0.25) is 0 Å². The van der Waals surface area contributed by atoms with Crippen LogP contribution >= 0.6 is 0 Å². The van der Waals surface area contributed by atoms with Crippen molar-refractivity contribution in [2.75, 3.05) is 6.61 Å². The Labute approximate surface area is 89.2 Å². The summed E-state index contributed by atoms with van der Waals surface area (Å²) in [5.74, 6) is 1.29. The van der Waals surface area contributed by atoms with Crippen LogP contribution in [0.1, 0.15) is 48.0 Å². The number of rotatable bonds is 6. The first-order valence-electron chi connectivity index (χ1n) is 5.64. The van der Waals surface area contributed by atoms with Crippen molar-refractivity contribution >= 4 is 0 Å². The van der Waals surface area contributed by atoms with Crippen molar-refractivity contribution < 1.29 is 4.74 Å². The Hall–Kier alpha value is -0.0800. The molecule has 14 heavy (non-hydrogen) atoms. The number of nitrogens with two attached hydrogens (primary N) is 1. The summed E-state index contributed by atoms with van der Waals surface area (Å²) in [4.78, 5) is 0. The fraction of sp³-hybridized carbons (Fsp3) is 1.00. The zero-order valence-electron chi connectivity index (χ0n) is 10.6. The molecule has 0 bridgehead atoms. The minimum absolute atomic E-state index is 0.0860. The normalized spacial score (nSPS) is 17.1. The van der Waals surface area contributed by atoms with E-state index >= 15 is 0 Å². The molecular formula is C12H27NO. The highest BCUT2D eigenvalue weighted by molar-refractivity contribution is 4.74. The van der Waals surface area contributed by atoms with E-state index in [1.807, 2.05) is 6.92 Å². The molecule has 0 aliphatic heterocycles. The first kappa shape index (κ1) is 13.9. The minimum atomic E-state index is -0.0860. The van der Waals surface area contributed by atoms with Crippen molar-refractivity contribution in [2.24, 2.45) is 17.6 Å². The monoisotopic (exact) mass is 201 g/mol. The summed E-state index contributed by atoms with van der Waals surface area (Å²) in [6, 6.07) is 0.208. The van der Waals surface area contributed by atoms with Crippen LogP contribution in [0.15, 0.2) is 0 Å². The highest BCUT2D eigenvalue weighted by Crippen LogP contribution is 2.19.